The molecule has 20 heavy (non-hydrogen) atoms. The summed E-state index contributed by atoms with van der Waals surface area (Å²) in [5.74, 6) is 0.743. The van der Waals surface area contributed by atoms with Gasteiger partial charge in [0.2, 0.25) is 0 Å². The molecule has 0 aliphatic carbocycles. The van der Waals surface area contributed by atoms with E-state index < -0.39 is 0 Å². The Balaban J connectivity index is 2.25. The zero-order chi connectivity index (χ0) is 14.5. The fourth-order valence-corrected chi connectivity index (χ4v) is 2.73. The van der Waals surface area contributed by atoms with Crippen LogP contribution in [0.15, 0.2) is 18.2 Å². The van der Waals surface area contributed by atoms with E-state index in [0.29, 0.717) is 17.2 Å². The minimum Gasteiger partial charge on any atom is -0.497 e. The van der Waals surface area contributed by atoms with E-state index in [1.165, 1.54) is 6.07 Å². The van der Waals surface area contributed by atoms with Crippen LogP contribution in [0.2, 0.25) is 0 Å². The second kappa shape index (κ2) is 7.04. The van der Waals surface area contributed by atoms with Crippen LogP contribution in [0, 0.1) is 11.7 Å². The van der Waals surface area contributed by atoms with Crippen LogP contribution >= 0.6 is 0 Å². The molecule has 1 aliphatic heterocycles. The standard InChI is InChI=1S/C16H24FNO2/c1-4-8-18-15(16-11(2)7-9-20-16)13-6-5-12(19-3)10-14(13)17/h5-6,10-11,15-16,18H,4,7-9H2,1-3H3. The van der Waals surface area contributed by atoms with Crippen molar-refractivity contribution >= 4 is 0 Å². The number of nitrogens with one attached hydrogen (secondary N) is 1. The van der Waals surface area contributed by atoms with Gasteiger partial charge in [-0.1, -0.05) is 19.9 Å². The Bertz CT molecular complexity index is 438. The van der Waals surface area contributed by atoms with Crippen molar-refractivity contribution in [1.82, 2.24) is 5.32 Å². The van der Waals surface area contributed by atoms with Crippen LogP contribution < -0.4 is 10.1 Å². The van der Waals surface area contributed by atoms with Crippen LogP contribution in [0.1, 0.15) is 38.3 Å². The Kier molecular flexibility index (Phi) is 5.38. The monoisotopic (exact) mass is 281 g/mol. The minimum atomic E-state index is -0.236. The first-order chi connectivity index (χ1) is 9.67. The third-order valence-electron chi connectivity index (χ3n) is 3.93. The molecule has 3 atom stereocenters. The van der Waals surface area contributed by atoms with Crippen molar-refractivity contribution in [3.05, 3.63) is 29.6 Å². The Morgan fingerprint density at radius 3 is 2.85 bits per heavy atom. The summed E-state index contributed by atoms with van der Waals surface area (Å²) in [6, 6.07) is 4.95. The van der Waals surface area contributed by atoms with Gasteiger partial charge in [0.15, 0.2) is 0 Å². The number of benzene rings is 1. The normalized spacial score (nSPS) is 23.8. The number of hydrogen-bond donors (Lipinski definition) is 1. The molecule has 1 aromatic rings. The van der Waals surface area contributed by atoms with Crippen LogP contribution in [-0.2, 0) is 4.74 Å². The highest BCUT2D eigenvalue weighted by Crippen LogP contribution is 2.33. The molecule has 0 spiro atoms. The number of hydrogen-bond acceptors (Lipinski definition) is 3. The Hall–Kier alpha value is -1.13. The summed E-state index contributed by atoms with van der Waals surface area (Å²) in [6.07, 6.45) is 2.08. The first-order valence-corrected chi connectivity index (χ1v) is 7.35. The highest BCUT2D eigenvalue weighted by molar-refractivity contribution is 5.31. The van der Waals surface area contributed by atoms with Crippen LogP contribution in [0.3, 0.4) is 0 Å². The van der Waals surface area contributed by atoms with E-state index in [0.717, 1.165) is 26.0 Å². The van der Waals surface area contributed by atoms with Gasteiger partial charge in [0, 0.05) is 18.2 Å². The van der Waals surface area contributed by atoms with E-state index in [1.807, 2.05) is 0 Å². The molecule has 1 aliphatic rings. The van der Waals surface area contributed by atoms with Gasteiger partial charge in [0.25, 0.3) is 0 Å². The second-order valence-corrected chi connectivity index (χ2v) is 5.42. The lowest BCUT2D eigenvalue weighted by Crippen LogP contribution is -2.35. The molecular formula is C16H24FNO2. The summed E-state index contributed by atoms with van der Waals surface area (Å²) in [7, 11) is 1.55. The van der Waals surface area contributed by atoms with Gasteiger partial charge in [-0.15, -0.1) is 0 Å². The first-order valence-electron chi connectivity index (χ1n) is 7.35. The third kappa shape index (κ3) is 3.30. The average molecular weight is 281 g/mol. The van der Waals surface area contributed by atoms with Gasteiger partial charge in [0.05, 0.1) is 19.3 Å². The fourth-order valence-electron chi connectivity index (χ4n) is 2.73. The molecule has 4 heteroatoms. The predicted octanol–water partition coefficient (Wildman–Crippen LogP) is 3.30. The number of rotatable bonds is 6. The maximum absolute atomic E-state index is 14.3. The number of methoxy groups -OCH3 is 1. The molecule has 2 rings (SSSR count). The maximum atomic E-state index is 14.3. The molecular weight excluding hydrogens is 257 g/mol. The zero-order valence-corrected chi connectivity index (χ0v) is 12.5. The average Bonchev–Trinajstić information content (AvgIpc) is 2.87. The van der Waals surface area contributed by atoms with E-state index in [1.54, 1.807) is 19.2 Å². The smallest absolute Gasteiger partial charge is 0.131 e. The highest BCUT2D eigenvalue weighted by Gasteiger charge is 2.34. The Labute approximate surface area is 120 Å². The van der Waals surface area contributed by atoms with Gasteiger partial charge in [0.1, 0.15) is 11.6 Å². The lowest BCUT2D eigenvalue weighted by atomic mass is 9.92. The number of halogens is 1. The van der Waals surface area contributed by atoms with E-state index in [9.17, 15) is 4.39 Å². The molecule has 1 fully saturated rings. The summed E-state index contributed by atoms with van der Waals surface area (Å²) >= 11 is 0. The molecule has 3 nitrogen and oxygen atoms in total. The molecule has 0 saturated carbocycles. The topological polar surface area (TPSA) is 30.5 Å². The summed E-state index contributed by atoms with van der Waals surface area (Å²) in [6.45, 7) is 5.88. The molecule has 0 amide bonds. The van der Waals surface area contributed by atoms with Gasteiger partial charge >= 0.3 is 0 Å². The van der Waals surface area contributed by atoms with Gasteiger partial charge in [-0.3, -0.25) is 0 Å². The molecule has 1 heterocycles. The minimum absolute atomic E-state index is 0.0319. The van der Waals surface area contributed by atoms with Gasteiger partial charge in [-0.05, 0) is 31.4 Å². The van der Waals surface area contributed by atoms with E-state index in [-0.39, 0.29) is 18.0 Å². The second-order valence-electron chi connectivity index (χ2n) is 5.42. The molecule has 112 valence electrons. The summed E-state index contributed by atoms with van der Waals surface area (Å²) < 4.78 is 25.2. The molecule has 1 saturated heterocycles. The highest BCUT2D eigenvalue weighted by atomic mass is 19.1. The Morgan fingerprint density at radius 1 is 1.50 bits per heavy atom. The molecule has 3 unspecified atom stereocenters. The van der Waals surface area contributed by atoms with Gasteiger partial charge in [-0.25, -0.2) is 4.39 Å². The van der Waals surface area contributed by atoms with Gasteiger partial charge < -0.3 is 14.8 Å². The van der Waals surface area contributed by atoms with Crippen LogP contribution in [0.5, 0.6) is 5.75 Å². The van der Waals surface area contributed by atoms with Crippen molar-refractivity contribution in [2.24, 2.45) is 5.92 Å². The van der Waals surface area contributed by atoms with Crippen molar-refractivity contribution < 1.29 is 13.9 Å². The lowest BCUT2D eigenvalue weighted by molar-refractivity contribution is 0.0596. The summed E-state index contributed by atoms with van der Waals surface area (Å²) in [5.41, 5.74) is 0.665. The van der Waals surface area contributed by atoms with Crippen LogP contribution in [0.4, 0.5) is 4.39 Å². The predicted molar refractivity (Wildman–Crippen MR) is 77.5 cm³/mol. The van der Waals surface area contributed by atoms with Crippen LogP contribution in [-0.4, -0.2) is 26.4 Å². The molecule has 0 bridgehead atoms. The van der Waals surface area contributed by atoms with E-state index in [2.05, 4.69) is 19.2 Å². The molecule has 1 N–H and O–H groups in total. The maximum Gasteiger partial charge on any atom is 0.131 e. The SMILES string of the molecule is CCCNC(c1ccc(OC)cc1F)C1OCCC1C. The van der Waals surface area contributed by atoms with E-state index >= 15 is 0 Å². The van der Waals surface area contributed by atoms with Crippen molar-refractivity contribution in [3.8, 4) is 5.75 Å². The lowest BCUT2D eigenvalue weighted by Gasteiger charge is -2.28. The summed E-state index contributed by atoms with van der Waals surface area (Å²) in [5, 5.41) is 3.43. The van der Waals surface area contributed by atoms with Crippen molar-refractivity contribution in [2.45, 2.75) is 38.8 Å². The fraction of sp³-hybridized carbons (Fsp3) is 0.625. The summed E-state index contributed by atoms with van der Waals surface area (Å²) in [4.78, 5) is 0. The van der Waals surface area contributed by atoms with E-state index in [4.69, 9.17) is 9.47 Å². The van der Waals surface area contributed by atoms with Crippen molar-refractivity contribution in [1.29, 1.82) is 0 Å². The van der Waals surface area contributed by atoms with Crippen molar-refractivity contribution in [3.63, 3.8) is 0 Å². The van der Waals surface area contributed by atoms with Gasteiger partial charge in [-0.2, -0.15) is 0 Å². The molecule has 0 aromatic heterocycles. The largest absolute Gasteiger partial charge is 0.497 e. The zero-order valence-electron chi connectivity index (χ0n) is 12.5. The Morgan fingerprint density at radius 2 is 2.30 bits per heavy atom. The third-order valence-corrected chi connectivity index (χ3v) is 3.93. The van der Waals surface area contributed by atoms with Crippen LogP contribution in [0.25, 0.3) is 0 Å². The first kappa shape index (κ1) is 15.3. The molecule has 0 radical (unpaired) electrons. The quantitative estimate of drug-likeness (QED) is 0.868. The number of ether oxygens (including phenoxy) is 2. The molecule has 1 aromatic carbocycles. The van der Waals surface area contributed by atoms with Crippen molar-refractivity contribution in [2.75, 3.05) is 20.3 Å².